The van der Waals surface area contributed by atoms with Crippen LogP contribution >= 0.6 is 7.82 Å². The Kier molecular flexibility index (Phi) is 29.0. The highest BCUT2D eigenvalue weighted by molar-refractivity contribution is 7.47. The molecule has 1 unspecified atom stereocenters. The molecule has 9 nitrogen and oxygen atoms in total. The van der Waals surface area contributed by atoms with Gasteiger partial charge < -0.3 is 18.9 Å². The topological polar surface area (TPSA) is 108 Å². The van der Waals surface area contributed by atoms with E-state index >= 15 is 0 Å². The zero-order valence-corrected chi connectivity index (χ0v) is 31.2. The van der Waals surface area contributed by atoms with Gasteiger partial charge in [0, 0.05) is 12.8 Å². The lowest BCUT2D eigenvalue weighted by Crippen LogP contribution is -2.37. The van der Waals surface area contributed by atoms with Gasteiger partial charge in [0.2, 0.25) is 0 Å². The third-order valence-electron chi connectivity index (χ3n) is 7.80. The Morgan fingerprint density at radius 3 is 1.63 bits per heavy atom. The molecular formula is C36H71NO8P+. The molecule has 46 heavy (non-hydrogen) atoms. The Labute approximate surface area is 282 Å². The first kappa shape index (κ1) is 44.8. The van der Waals surface area contributed by atoms with Crippen molar-refractivity contribution in [2.24, 2.45) is 0 Å². The van der Waals surface area contributed by atoms with Crippen molar-refractivity contribution in [3.05, 3.63) is 12.2 Å². The van der Waals surface area contributed by atoms with E-state index in [4.69, 9.17) is 18.5 Å². The molecular weight excluding hydrogens is 605 g/mol. The van der Waals surface area contributed by atoms with Crippen molar-refractivity contribution >= 4 is 19.8 Å². The Morgan fingerprint density at radius 2 is 1.11 bits per heavy atom. The van der Waals surface area contributed by atoms with Crippen LogP contribution < -0.4 is 0 Å². The molecule has 1 N–H and O–H groups in total. The summed E-state index contributed by atoms with van der Waals surface area (Å²) >= 11 is 0. The SMILES string of the molecule is CCCCCCCCCC/C=C/CCCCCC(=O)O[C@H](COC(=O)CCCCCCCCC)COP(=O)(O)OCC[N+](C)(C)C. The molecule has 0 aliphatic heterocycles. The highest BCUT2D eigenvalue weighted by Crippen LogP contribution is 2.43. The van der Waals surface area contributed by atoms with Crippen LogP contribution in [0.25, 0.3) is 0 Å². The van der Waals surface area contributed by atoms with Crippen molar-refractivity contribution in [2.75, 3.05) is 47.5 Å². The molecule has 0 spiro atoms. The van der Waals surface area contributed by atoms with Gasteiger partial charge in [-0.2, -0.15) is 0 Å². The number of likely N-dealkylation sites (N-methyl/N-ethyl adjacent to an activating group) is 1. The van der Waals surface area contributed by atoms with Crippen molar-refractivity contribution in [3.8, 4) is 0 Å². The van der Waals surface area contributed by atoms with Crippen molar-refractivity contribution in [1.82, 2.24) is 0 Å². The number of phosphoric ester groups is 1. The zero-order valence-electron chi connectivity index (χ0n) is 30.3. The fourth-order valence-electron chi connectivity index (χ4n) is 4.83. The summed E-state index contributed by atoms with van der Waals surface area (Å²) in [6, 6.07) is 0. The molecule has 0 heterocycles. The Morgan fingerprint density at radius 1 is 0.652 bits per heavy atom. The molecule has 10 heteroatoms. The Bertz CT molecular complexity index is 814. The predicted octanol–water partition coefficient (Wildman–Crippen LogP) is 9.46. The van der Waals surface area contributed by atoms with Gasteiger partial charge in [-0.25, -0.2) is 4.57 Å². The highest BCUT2D eigenvalue weighted by Gasteiger charge is 2.27. The summed E-state index contributed by atoms with van der Waals surface area (Å²) in [4.78, 5) is 34.9. The minimum Gasteiger partial charge on any atom is -0.462 e. The van der Waals surface area contributed by atoms with E-state index in [9.17, 15) is 19.0 Å². The number of carbonyl (C=O) groups excluding carboxylic acids is 2. The fraction of sp³-hybridized carbons (Fsp3) is 0.889. The van der Waals surface area contributed by atoms with E-state index in [1.807, 2.05) is 21.1 Å². The van der Waals surface area contributed by atoms with Crippen molar-refractivity contribution in [1.29, 1.82) is 0 Å². The van der Waals surface area contributed by atoms with Gasteiger partial charge in [-0.1, -0.05) is 116 Å². The van der Waals surface area contributed by atoms with Crippen LogP contribution in [0.2, 0.25) is 0 Å². The number of ether oxygens (including phenoxy) is 2. The second-order valence-corrected chi connectivity index (χ2v) is 15.1. The number of nitrogens with zero attached hydrogens (tertiary/aromatic N) is 1. The third kappa shape index (κ3) is 32.7. The lowest BCUT2D eigenvalue weighted by Gasteiger charge is -2.24. The van der Waals surface area contributed by atoms with E-state index in [2.05, 4.69) is 26.0 Å². The molecule has 0 aromatic heterocycles. The molecule has 0 aromatic carbocycles. The maximum atomic E-state index is 12.6. The van der Waals surface area contributed by atoms with Gasteiger partial charge in [-0.05, 0) is 38.5 Å². The Balaban J connectivity index is 4.43. The van der Waals surface area contributed by atoms with Crippen LogP contribution in [0.15, 0.2) is 12.2 Å². The van der Waals surface area contributed by atoms with Gasteiger partial charge in [-0.3, -0.25) is 18.6 Å². The summed E-state index contributed by atoms with van der Waals surface area (Å²) in [5, 5.41) is 0. The van der Waals surface area contributed by atoms with Crippen LogP contribution in [0.1, 0.15) is 155 Å². The van der Waals surface area contributed by atoms with E-state index in [1.54, 1.807) is 0 Å². The second-order valence-electron chi connectivity index (χ2n) is 13.6. The number of hydrogen-bond acceptors (Lipinski definition) is 7. The first-order valence-corrected chi connectivity index (χ1v) is 19.9. The molecule has 0 saturated heterocycles. The minimum absolute atomic E-state index is 0.0313. The van der Waals surface area contributed by atoms with Gasteiger partial charge in [0.05, 0.1) is 27.7 Å². The van der Waals surface area contributed by atoms with Crippen molar-refractivity contribution in [3.63, 3.8) is 0 Å². The standard InChI is InChI=1S/C36H70NO8P/c1-6-8-10-12-14-15-16-17-18-19-20-21-23-25-27-29-36(39)45-34(33-44-46(40,41)43-31-30-37(3,4)5)32-42-35(38)28-26-24-22-13-11-9-7-2/h19-20,34H,6-18,21-33H2,1-5H3/p+1/b20-19+/t34-/m1/s1. The molecule has 0 aliphatic rings. The van der Waals surface area contributed by atoms with E-state index in [1.165, 1.54) is 77.0 Å². The largest absolute Gasteiger partial charge is 0.472 e. The first-order chi connectivity index (χ1) is 22.0. The molecule has 0 fully saturated rings. The number of rotatable bonds is 33. The average Bonchev–Trinajstić information content (AvgIpc) is 2.99. The predicted molar refractivity (Wildman–Crippen MR) is 188 cm³/mol. The summed E-state index contributed by atoms with van der Waals surface area (Å²) < 4.78 is 34.0. The smallest absolute Gasteiger partial charge is 0.462 e. The summed E-state index contributed by atoms with van der Waals surface area (Å²) in [6.45, 7) is 4.34. The monoisotopic (exact) mass is 676 g/mol. The van der Waals surface area contributed by atoms with E-state index in [0.717, 1.165) is 44.9 Å². The molecule has 0 rings (SSSR count). The molecule has 0 amide bonds. The number of carbonyl (C=O) groups is 2. The quantitative estimate of drug-likeness (QED) is 0.0241. The number of esters is 2. The van der Waals surface area contributed by atoms with Crippen LogP contribution in [-0.4, -0.2) is 74.9 Å². The number of hydrogen-bond donors (Lipinski definition) is 1. The third-order valence-corrected chi connectivity index (χ3v) is 8.78. The van der Waals surface area contributed by atoms with Gasteiger partial charge >= 0.3 is 19.8 Å². The van der Waals surface area contributed by atoms with E-state index in [-0.39, 0.29) is 32.0 Å². The number of allylic oxidation sites excluding steroid dienone is 2. The molecule has 272 valence electrons. The lowest BCUT2D eigenvalue weighted by molar-refractivity contribution is -0.870. The summed E-state index contributed by atoms with van der Waals surface area (Å²) in [6.07, 6.45) is 27.0. The Hall–Kier alpha value is -1.25. The second kappa shape index (κ2) is 29.9. The van der Waals surface area contributed by atoms with Crippen LogP contribution in [0, 0.1) is 0 Å². The van der Waals surface area contributed by atoms with Gasteiger partial charge in [0.1, 0.15) is 19.8 Å². The average molecular weight is 677 g/mol. The maximum Gasteiger partial charge on any atom is 0.472 e. The normalized spacial score (nSPS) is 14.0. The minimum atomic E-state index is -4.36. The van der Waals surface area contributed by atoms with E-state index in [0.29, 0.717) is 17.4 Å². The lowest BCUT2D eigenvalue weighted by atomic mass is 10.1. The number of quaternary nitrogens is 1. The molecule has 0 aliphatic carbocycles. The van der Waals surface area contributed by atoms with Crippen molar-refractivity contribution in [2.45, 2.75) is 161 Å². The van der Waals surface area contributed by atoms with Gasteiger partial charge in [0.25, 0.3) is 0 Å². The fourth-order valence-corrected chi connectivity index (χ4v) is 5.57. The summed E-state index contributed by atoms with van der Waals surface area (Å²) in [5.41, 5.74) is 0. The highest BCUT2D eigenvalue weighted by atomic mass is 31.2. The van der Waals surface area contributed by atoms with Gasteiger partial charge in [-0.15, -0.1) is 0 Å². The van der Waals surface area contributed by atoms with Crippen LogP contribution in [0.4, 0.5) is 0 Å². The van der Waals surface area contributed by atoms with E-state index < -0.39 is 26.5 Å². The number of phosphoric acid groups is 1. The summed E-state index contributed by atoms with van der Waals surface area (Å²) in [7, 11) is 1.47. The zero-order chi connectivity index (χ0) is 34.4. The van der Waals surface area contributed by atoms with Crippen LogP contribution in [0.5, 0.6) is 0 Å². The summed E-state index contributed by atoms with van der Waals surface area (Å²) in [5.74, 6) is -0.822. The molecule has 0 bridgehead atoms. The van der Waals surface area contributed by atoms with Crippen LogP contribution in [-0.2, 0) is 32.7 Å². The molecule has 0 aromatic rings. The first-order valence-electron chi connectivity index (χ1n) is 18.4. The maximum absolute atomic E-state index is 12.6. The van der Waals surface area contributed by atoms with Crippen LogP contribution in [0.3, 0.4) is 0 Å². The molecule has 0 saturated carbocycles. The molecule has 2 atom stereocenters. The van der Waals surface area contributed by atoms with Gasteiger partial charge in [0.15, 0.2) is 6.10 Å². The molecule has 0 radical (unpaired) electrons. The number of unbranched alkanes of at least 4 members (excludes halogenated alkanes) is 17. The van der Waals surface area contributed by atoms with Crippen molar-refractivity contribution < 1.29 is 42.1 Å².